The Balaban J connectivity index is 1.70. The van der Waals surface area contributed by atoms with E-state index in [0.717, 1.165) is 44.9 Å². The minimum atomic E-state index is 0.223. The van der Waals surface area contributed by atoms with Crippen LogP contribution >= 0.6 is 0 Å². The molecule has 2 aliphatic rings. The van der Waals surface area contributed by atoms with Gasteiger partial charge in [-0.25, -0.2) is 0 Å². The van der Waals surface area contributed by atoms with E-state index in [1.165, 1.54) is 12.8 Å². The van der Waals surface area contributed by atoms with Gasteiger partial charge in [-0.3, -0.25) is 0 Å². The molecule has 0 saturated carbocycles. The molecule has 2 heterocycles. The maximum atomic E-state index is 5.98. The second kappa shape index (κ2) is 5.68. The average Bonchev–Trinajstić information content (AvgIpc) is 2.88. The summed E-state index contributed by atoms with van der Waals surface area (Å²) in [7, 11) is 0. The molecule has 3 heteroatoms. The fraction of sp³-hybridized carbons (Fsp3) is 1.00. The van der Waals surface area contributed by atoms with E-state index < -0.39 is 0 Å². The lowest BCUT2D eigenvalue weighted by molar-refractivity contribution is 0.0347. The molecule has 0 radical (unpaired) electrons. The SMILES string of the molecule is CC(C)CCOCCC1(CN)CC2CCC1O2. The van der Waals surface area contributed by atoms with E-state index in [0.29, 0.717) is 12.2 Å². The van der Waals surface area contributed by atoms with E-state index in [4.69, 9.17) is 15.2 Å². The predicted octanol–water partition coefficient (Wildman–Crippen LogP) is 2.34. The summed E-state index contributed by atoms with van der Waals surface area (Å²) in [4.78, 5) is 0. The Labute approximate surface area is 105 Å². The lowest BCUT2D eigenvalue weighted by Gasteiger charge is -2.34. The van der Waals surface area contributed by atoms with Crippen molar-refractivity contribution < 1.29 is 9.47 Å². The number of ether oxygens (including phenoxy) is 2. The summed E-state index contributed by atoms with van der Waals surface area (Å²) in [5.41, 5.74) is 6.21. The fourth-order valence-electron chi connectivity index (χ4n) is 3.17. The quantitative estimate of drug-likeness (QED) is 0.696. The molecule has 2 N–H and O–H groups in total. The highest BCUT2D eigenvalue weighted by atomic mass is 16.5. The number of hydrogen-bond donors (Lipinski definition) is 1. The van der Waals surface area contributed by atoms with Crippen molar-refractivity contribution in [2.24, 2.45) is 17.1 Å². The highest BCUT2D eigenvalue weighted by Crippen LogP contribution is 2.49. The van der Waals surface area contributed by atoms with Crippen LogP contribution in [0.15, 0.2) is 0 Å². The van der Waals surface area contributed by atoms with Crippen molar-refractivity contribution >= 4 is 0 Å². The summed E-state index contributed by atoms with van der Waals surface area (Å²) >= 11 is 0. The van der Waals surface area contributed by atoms with Crippen LogP contribution in [0, 0.1) is 11.3 Å². The fourth-order valence-corrected chi connectivity index (χ4v) is 3.17. The zero-order valence-corrected chi connectivity index (χ0v) is 11.3. The van der Waals surface area contributed by atoms with Crippen molar-refractivity contribution in [3.63, 3.8) is 0 Å². The third-order valence-corrected chi connectivity index (χ3v) is 4.42. The zero-order chi connectivity index (χ0) is 12.3. The second-order valence-corrected chi connectivity index (χ2v) is 6.14. The number of hydrogen-bond acceptors (Lipinski definition) is 3. The minimum absolute atomic E-state index is 0.223. The Morgan fingerprint density at radius 3 is 2.71 bits per heavy atom. The van der Waals surface area contributed by atoms with E-state index in [9.17, 15) is 0 Å². The van der Waals surface area contributed by atoms with Gasteiger partial charge in [0.15, 0.2) is 0 Å². The van der Waals surface area contributed by atoms with Crippen molar-refractivity contribution in [3.05, 3.63) is 0 Å². The maximum Gasteiger partial charge on any atom is 0.0649 e. The largest absolute Gasteiger partial charge is 0.381 e. The van der Waals surface area contributed by atoms with Crippen molar-refractivity contribution in [1.82, 2.24) is 0 Å². The van der Waals surface area contributed by atoms with Gasteiger partial charge in [-0.1, -0.05) is 13.8 Å². The molecular formula is C14H27NO2. The second-order valence-electron chi connectivity index (χ2n) is 6.14. The zero-order valence-electron chi connectivity index (χ0n) is 11.3. The molecule has 3 unspecified atom stereocenters. The van der Waals surface area contributed by atoms with E-state index in [-0.39, 0.29) is 5.41 Å². The Kier molecular flexibility index (Phi) is 4.45. The molecule has 100 valence electrons. The van der Waals surface area contributed by atoms with Gasteiger partial charge in [-0.05, 0) is 38.0 Å². The Bertz CT molecular complexity index is 244. The number of nitrogens with two attached hydrogens (primary N) is 1. The molecule has 3 atom stereocenters. The molecular weight excluding hydrogens is 214 g/mol. The molecule has 2 bridgehead atoms. The van der Waals surface area contributed by atoms with Gasteiger partial charge in [-0.2, -0.15) is 0 Å². The first-order valence-electron chi connectivity index (χ1n) is 7.09. The van der Waals surface area contributed by atoms with Crippen LogP contribution in [-0.4, -0.2) is 32.0 Å². The molecule has 2 rings (SSSR count). The van der Waals surface area contributed by atoms with Gasteiger partial charge in [0.05, 0.1) is 12.2 Å². The molecule has 0 aliphatic carbocycles. The van der Waals surface area contributed by atoms with Gasteiger partial charge >= 0.3 is 0 Å². The topological polar surface area (TPSA) is 44.5 Å². The van der Waals surface area contributed by atoms with Crippen LogP contribution in [0.25, 0.3) is 0 Å². The van der Waals surface area contributed by atoms with Crippen LogP contribution in [0.2, 0.25) is 0 Å². The monoisotopic (exact) mass is 241 g/mol. The van der Waals surface area contributed by atoms with Crippen LogP contribution in [0.4, 0.5) is 0 Å². The summed E-state index contributed by atoms with van der Waals surface area (Å²) in [6, 6.07) is 0. The highest BCUT2D eigenvalue weighted by Gasteiger charge is 2.50. The van der Waals surface area contributed by atoms with E-state index in [1.54, 1.807) is 0 Å². The van der Waals surface area contributed by atoms with Gasteiger partial charge < -0.3 is 15.2 Å². The number of rotatable bonds is 7. The first kappa shape index (κ1) is 13.3. The van der Waals surface area contributed by atoms with Crippen molar-refractivity contribution in [2.45, 2.75) is 58.2 Å². The standard InChI is InChI=1S/C14H27NO2/c1-11(2)5-7-16-8-6-14(10-15)9-12-3-4-13(14)17-12/h11-13H,3-10,15H2,1-2H3. The lowest BCUT2D eigenvalue weighted by Crippen LogP contribution is -2.40. The molecule has 0 aromatic carbocycles. The van der Waals surface area contributed by atoms with Gasteiger partial charge in [-0.15, -0.1) is 0 Å². The maximum absolute atomic E-state index is 5.98. The van der Waals surface area contributed by atoms with Crippen LogP contribution in [0.3, 0.4) is 0 Å². The Morgan fingerprint density at radius 2 is 2.18 bits per heavy atom. The van der Waals surface area contributed by atoms with E-state index >= 15 is 0 Å². The van der Waals surface area contributed by atoms with Crippen molar-refractivity contribution in [3.8, 4) is 0 Å². The van der Waals surface area contributed by atoms with Crippen LogP contribution in [0.5, 0.6) is 0 Å². The molecule has 2 fully saturated rings. The van der Waals surface area contributed by atoms with Gasteiger partial charge in [0.1, 0.15) is 0 Å². The molecule has 0 amide bonds. The van der Waals surface area contributed by atoms with E-state index in [1.807, 2.05) is 0 Å². The van der Waals surface area contributed by atoms with Gasteiger partial charge in [0.25, 0.3) is 0 Å². The minimum Gasteiger partial charge on any atom is -0.381 e. The lowest BCUT2D eigenvalue weighted by atomic mass is 9.72. The predicted molar refractivity (Wildman–Crippen MR) is 68.9 cm³/mol. The Hall–Kier alpha value is -0.120. The van der Waals surface area contributed by atoms with E-state index in [2.05, 4.69) is 13.8 Å². The summed E-state index contributed by atoms with van der Waals surface area (Å²) in [5.74, 6) is 0.726. The van der Waals surface area contributed by atoms with Crippen LogP contribution in [-0.2, 0) is 9.47 Å². The van der Waals surface area contributed by atoms with Gasteiger partial charge in [0.2, 0.25) is 0 Å². The molecule has 3 nitrogen and oxygen atoms in total. The number of fused-ring (bicyclic) bond motifs is 2. The van der Waals surface area contributed by atoms with Crippen molar-refractivity contribution in [1.29, 1.82) is 0 Å². The third-order valence-electron chi connectivity index (χ3n) is 4.42. The van der Waals surface area contributed by atoms with Crippen LogP contribution in [0.1, 0.15) is 46.0 Å². The van der Waals surface area contributed by atoms with Crippen LogP contribution < -0.4 is 5.73 Å². The molecule has 2 aliphatic heterocycles. The molecule has 0 aromatic rings. The summed E-state index contributed by atoms with van der Waals surface area (Å²) in [5, 5.41) is 0. The normalized spacial score (nSPS) is 36.0. The van der Waals surface area contributed by atoms with Gasteiger partial charge in [0, 0.05) is 25.2 Å². The average molecular weight is 241 g/mol. The Morgan fingerprint density at radius 1 is 1.35 bits per heavy atom. The smallest absolute Gasteiger partial charge is 0.0649 e. The molecule has 2 saturated heterocycles. The summed E-state index contributed by atoms with van der Waals surface area (Å²) < 4.78 is 11.7. The molecule has 17 heavy (non-hydrogen) atoms. The molecule has 0 spiro atoms. The summed E-state index contributed by atoms with van der Waals surface area (Å²) in [6.07, 6.45) is 6.71. The molecule has 0 aromatic heterocycles. The third kappa shape index (κ3) is 3.01. The first-order chi connectivity index (χ1) is 8.16. The first-order valence-corrected chi connectivity index (χ1v) is 7.09. The van der Waals surface area contributed by atoms with Crippen molar-refractivity contribution in [2.75, 3.05) is 19.8 Å². The highest BCUT2D eigenvalue weighted by molar-refractivity contribution is 5.01. The summed E-state index contributed by atoms with van der Waals surface area (Å²) in [6.45, 7) is 6.94.